The van der Waals surface area contributed by atoms with Crippen molar-refractivity contribution in [3.63, 3.8) is 0 Å². The molecule has 2 aromatic carbocycles. The highest BCUT2D eigenvalue weighted by atomic mass is 16.5. The van der Waals surface area contributed by atoms with Crippen LogP contribution in [0.1, 0.15) is 5.56 Å². The number of aliphatic imine (C=N–C) groups is 1. The third-order valence-electron chi connectivity index (χ3n) is 3.83. The number of rotatable bonds is 4. The van der Waals surface area contributed by atoms with Crippen molar-refractivity contribution in [2.24, 2.45) is 4.99 Å². The van der Waals surface area contributed by atoms with E-state index in [2.05, 4.69) is 20.4 Å². The number of nitrogens with zero attached hydrogens (tertiary/aromatic N) is 3. The Morgan fingerprint density at radius 1 is 1.08 bits per heavy atom. The molecule has 6 nitrogen and oxygen atoms in total. The Labute approximate surface area is 139 Å². The summed E-state index contributed by atoms with van der Waals surface area (Å²) in [4.78, 5) is 8.95. The number of hydrogen-bond donors (Lipinski definition) is 1. The second-order valence-electron chi connectivity index (χ2n) is 5.36. The van der Waals surface area contributed by atoms with Gasteiger partial charge in [0.05, 0.1) is 19.2 Å². The minimum absolute atomic E-state index is 0.434. The van der Waals surface area contributed by atoms with Crippen LogP contribution in [0.15, 0.2) is 58.0 Å². The van der Waals surface area contributed by atoms with E-state index >= 15 is 0 Å². The van der Waals surface area contributed by atoms with Gasteiger partial charge < -0.3 is 14.6 Å². The van der Waals surface area contributed by atoms with Crippen LogP contribution in [0.25, 0.3) is 22.8 Å². The Hall–Kier alpha value is -3.15. The van der Waals surface area contributed by atoms with Gasteiger partial charge in [0.2, 0.25) is 5.82 Å². The van der Waals surface area contributed by atoms with E-state index in [-0.39, 0.29) is 0 Å². The number of aromatic nitrogens is 2. The maximum absolute atomic E-state index is 5.43. The van der Waals surface area contributed by atoms with Crippen molar-refractivity contribution in [1.29, 1.82) is 0 Å². The average molecular weight is 320 g/mol. The molecule has 4 rings (SSSR count). The average Bonchev–Trinajstić information content (AvgIpc) is 3.34. The highest BCUT2D eigenvalue weighted by Crippen LogP contribution is 2.29. The van der Waals surface area contributed by atoms with Crippen molar-refractivity contribution in [3.05, 3.63) is 54.1 Å². The first kappa shape index (κ1) is 14.4. The molecule has 0 radical (unpaired) electrons. The highest BCUT2D eigenvalue weighted by Gasteiger charge is 2.15. The molecule has 6 heteroatoms. The van der Waals surface area contributed by atoms with E-state index in [0.29, 0.717) is 17.5 Å². The molecule has 1 N–H and O–H groups in total. The first-order valence-corrected chi connectivity index (χ1v) is 7.71. The molecule has 0 bridgehead atoms. The largest absolute Gasteiger partial charge is 0.496 e. The smallest absolute Gasteiger partial charge is 0.262 e. The van der Waals surface area contributed by atoms with Crippen molar-refractivity contribution in [2.75, 3.05) is 20.2 Å². The number of methoxy groups -OCH3 is 1. The molecule has 1 aliphatic rings. The van der Waals surface area contributed by atoms with Crippen LogP contribution < -0.4 is 10.1 Å². The molecule has 0 saturated heterocycles. The lowest BCUT2D eigenvalue weighted by atomic mass is 10.1. The van der Waals surface area contributed by atoms with Crippen LogP contribution in [-0.2, 0) is 0 Å². The molecule has 0 unspecified atom stereocenters. The number of nitrogens with one attached hydrogen (secondary N) is 1. The van der Waals surface area contributed by atoms with Gasteiger partial charge in [-0.25, -0.2) is 0 Å². The molecule has 2 heterocycles. The van der Waals surface area contributed by atoms with Crippen LogP contribution in [0, 0.1) is 0 Å². The van der Waals surface area contributed by atoms with E-state index in [4.69, 9.17) is 9.26 Å². The van der Waals surface area contributed by atoms with Crippen molar-refractivity contribution in [3.8, 4) is 28.6 Å². The Morgan fingerprint density at radius 2 is 1.96 bits per heavy atom. The van der Waals surface area contributed by atoms with E-state index in [1.165, 1.54) is 0 Å². The predicted octanol–water partition coefficient (Wildman–Crippen LogP) is 2.76. The fourth-order valence-corrected chi connectivity index (χ4v) is 2.67. The van der Waals surface area contributed by atoms with Gasteiger partial charge in [-0.1, -0.05) is 35.5 Å². The van der Waals surface area contributed by atoms with Gasteiger partial charge in [-0.05, 0) is 18.2 Å². The van der Waals surface area contributed by atoms with Gasteiger partial charge in [-0.2, -0.15) is 4.98 Å². The van der Waals surface area contributed by atoms with E-state index in [9.17, 15) is 0 Å². The Bertz CT molecular complexity index is 901. The minimum atomic E-state index is 0.434. The summed E-state index contributed by atoms with van der Waals surface area (Å²) >= 11 is 0. The molecule has 0 aliphatic carbocycles. The molecule has 1 aliphatic heterocycles. The van der Waals surface area contributed by atoms with Crippen molar-refractivity contribution < 1.29 is 9.26 Å². The van der Waals surface area contributed by atoms with Gasteiger partial charge in [-0.3, -0.25) is 4.99 Å². The Kier molecular flexibility index (Phi) is 3.70. The summed E-state index contributed by atoms with van der Waals surface area (Å²) in [7, 11) is 1.62. The zero-order chi connectivity index (χ0) is 16.4. The van der Waals surface area contributed by atoms with Crippen LogP contribution in [0.3, 0.4) is 0 Å². The molecule has 120 valence electrons. The van der Waals surface area contributed by atoms with Crippen LogP contribution in [0.4, 0.5) is 0 Å². The third-order valence-corrected chi connectivity index (χ3v) is 3.83. The first-order chi connectivity index (χ1) is 11.8. The van der Waals surface area contributed by atoms with Gasteiger partial charge in [0.15, 0.2) is 0 Å². The van der Waals surface area contributed by atoms with Crippen LogP contribution >= 0.6 is 0 Å². The quantitative estimate of drug-likeness (QED) is 0.800. The van der Waals surface area contributed by atoms with E-state index in [1.54, 1.807) is 7.11 Å². The number of para-hydroxylation sites is 1. The zero-order valence-corrected chi connectivity index (χ0v) is 13.2. The van der Waals surface area contributed by atoms with E-state index in [1.807, 2.05) is 48.5 Å². The van der Waals surface area contributed by atoms with Crippen LogP contribution in [-0.4, -0.2) is 36.2 Å². The van der Waals surface area contributed by atoms with Gasteiger partial charge in [0, 0.05) is 17.7 Å². The summed E-state index contributed by atoms with van der Waals surface area (Å²) in [6.07, 6.45) is 0. The second-order valence-corrected chi connectivity index (χ2v) is 5.36. The topological polar surface area (TPSA) is 72.5 Å². The summed E-state index contributed by atoms with van der Waals surface area (Å²) in [5, 5.41) is 7.37. The molecule has 0 fully saturated rings. The zero-order valence-electron chi connectivity index (χ0n) is 13.2. The summed E-state index contributed by atoms with van der Waals surface area (Å²) in [6, 6.07) is 15.5. The molecule has 1 aromatic heterocycles. The second kappa shape index (κ2) is 6.16. The van der Waals surface area contributed by atoms with Crippen molar-refractivity contribution in [2.45, 2.75) is 0 Å². The third kappa shape index (κ3) is 2.62. The van der Waals surface area contributed by atoms with Crippen molar-refractivity contribution >= 4 is 5.84 Å². The lowest BCUT2D eigenvalue weighted by Gasteiger charge is -2.03. The number of ether oxygens (including phenoxy) is 1. The molecule has 0 saturated carbocycles. The summed E-state index contributed by atoms with van der Waals surface area (Å²) in [6.45, 7) is 1.68. The number of benzene rings is 2. The molecule has 24 heavy (non-hydrogen) atoms. The number of hydrogen-bond acceptors (Lipinski definition) is 6. The predicted molar refractivity (Wildman–Crippen MR) is 91.1 cm³/mol. The molecular formula is C18H16N4O2. The Balaban J connectivity index is 1.69. The number of amidine groups is 1. The molecule has 0 amide bonds. The molecule has 0 atom stereocenters. The van der Waals surface area contributed by atoms with Gasteiger partial charge in [-0.15, -0.1) is 0 Å². The van der Waals surface area contributed by atoms with Crippen LogP contribution in [0.2, 0.25) is 0 Å². The molecule has 3 aromatic rings. The monoisotopic (exact) mass is 320 g/mol. The molecular weight excluding hydrogens is 304 g/mol. The van der Waals surface area contributed by atoms with Gasteiger partial charge in [0.25, 0.3) is 5.89 Å². The maximum Gasteiger partial charge on any atom is 0.262 e. The minimum Gasteiger partial charge on any atom is -0.496 e. The maximum atomic E-state index is 5.43. The standard InChI is InChI=1S/C18H16N4O2/c1-23-15-8-3-2-7-14(15)18-21-17(22-24-18)13-6-4-5-12(11-13)16-19-9-10-20-16/h2-8,11H,9-10H2,1H3,(H,19,20). The molecule has 0 spiro atoms. The fraction of sp³-hybridized carbons (Fsp3) is 0.167. The summed E-state index contributed by atoms with van der Waals surface area (Å²) in [5.41, 5.74) is 2.68. The highest BCUT2D eigenvalue weighted by molar-refractivity contribution is 6.00. The summed E-state index contributed by atoms with van der Waals surface area (Å²) < 4.78 is 10.8. The SMILES string of the molecule is COc1ccccc1-c1nc(-c2cccc(C3=NCCN3)c2)no1. The first-order valence-electron chi connectivity index (χ1n) is 7.71. The summed E-state index contributed by atoms with van der Waals surface area (Å²) in [5.74, 6) is 2.58. The van der Waals surface area contributed by atoms with Crippen LogP contribution in [0.5, 0.6) is 5.75 Å². The Morgan fingerprint density at radius 3 is 2.79 bits per heavy atom. The fourth-order valence-electron chi connectivity index (χ4n) is 2.67. The lowest BCUT2D eigenvalue weighted by molar-refractivity contribution is 0.405. The van der Waals surface area contributed by atoms with Gasteiger partial charge in [0.1, 0.15) is 11.6 Å². The van der Waals surface area contributed by atoms with E-state index < -0.39 is 0 Å². The van der Waals surface area contributed by atoms with E-state index in [0.717, 1.165) is 35.6 Å². The van der Waals surface area contributed by atoms with Crippen molar-refractivity contribution in [1.82, 2.24) is 15.5 Å². The van der Waals surface area contributed by atoms with Gasteiger partial charge >= 0.3 is 0 Å². The lowest BCUT2D eigenvalue weighted by Crippen LogP contribution is -2.19. The normalized spacial score (nSPS) is 13.5.